The maximum absolute atomic E-state index is 9.23. The average molecular weight is 174 g/mol. The van der Waals surface area contributed by atoms with Crippen molar-refractivity contribution in [2.45, 2.75) is 32.9 Å². The van der Waals surface area contributed by atoms with Gasteiger partial charge < -0.3 is 15.3 Å². The first-order valence-electron chi connectivity index (χ1n) is 4.23. The van der Waals surface area contributed by atoms with Crippen LogP contribution in [0.25, 0.3) is 0 Å². The number of aliphatic hydroxyl groups excluding tert-OH is 1. The fourth-order valence-electron chi connectivity index (χ4n) is 0.597. The van der Waals surface area contributed by atoms with Crippen LogP contribution in [0.2, 0.25) is 0 Å². The van der Waals surface area contributed by atoms with E-state index in [1.807, 2.05) is 20.8 Å². The van der Waals surface area contributed by atoms with Crippen LogP contribution < -0.4 is 5.32 Å². The van der Waals surface area contributed by atoms with Crippen LogP contribution in [-0.2, 0) is 4.84 Å². The lowest BCUT2D eigenvalue weighted by atomic mass is 10.3. The number of nitrogens with one attached hydrogen (secondary N) is 1. The van der Waals surface area contributed by atoms with Crippen molar-refractivity contribution in [2.24, 2.45) is 5.16 Å². The minimum Gasteiger partial charge on any atom is -0.396 e. The lowest BCUT2D eigenvalue weighted by Crippen LogP contribution is -2.32. The van der Waals surface area contributed by atoms with Gasteiger partial charge in [0.1, 0.15) is 12.7 Å². The van der Waals surface area contributed by atoms with E-state index in [-0.39, 0.29) is 0 Å². The zero-order chi connectivity index (χ0) is 9.40. The summed E-state index contributed by atoms with van der Waals surface area (Å²) in [5, 5.41) is 15.9. The highest BCUT2D eigenvalue weighted by Crippen LogP contribution is 1.81. The molecule has 0 rings (SSSR count). The number of hydrogen-bond donors (Lipinski definition) is 2. The summed E-state index contributed by atoms with van der Waals surface area (Å²) in [6.45, 7) is 6.92. The molecule has 72 valence electrons. The molecule has 1 atom stereocenters. The van der Waals surface area contributed by atoms with Crippen LogP contribution in [0.3, 0.4) is 0 Å². The van der Waals surface area contributed by atoms with Crippen molar-refractivity contribution in [1.29, 1.82) is 0 Å². The fraction of sp³-hybridized carbons (Fsp3) is 0.875. The molecule has 0 radical (unpaired) electrons. The highest BCUT2D eigenvalue weighted by Gasteiger charge is 2.00. The summed E-state index contributed by atoms with van der Waals surface area (Å²) in [5.74, 6) is 0. The molecule has 4 heteroatoms. The van der Waals surface area contributed by atoms with Gasteiger partial charge >= 0.3 is 0 Å². The normalized spacial score (nSPS) is 14.1. The third-order valence-electron chi connectivity index (χ3n) is 1.17. The van der Waals surface area contributed by atoms with Crippen molar-refractivity contribution in [3.05, 3.63) is 0 Å². The SMILES string of the molecule is CCO/N=C\C(O)CNC(C)C. The summed E-state index contributed by atoms with van der Waals surface area (Å²) in [7, 11) is 0. The Morgan fingerprint density at radius 2 is 2.25 bits per heavy atom. The van der Waals surface area contributed by atoms with Gasteiger partial charge in [0, 0.05) is 12.6 Å². The molecule has 12 heavy (non-hydrogen) atoms. The third-order valence-corrected chi connectivity index (χ3v) is 1.17. The molecule has 0 aliphatic heterocycles. The van der Waals surface area contributed by atoms with Crippen LogP contribution in [-0.4, -0.2) is 36.6 Å². The minimum absolute atomic E-state index is 0.375. The predicted octanol–water partition coefficient (Wildman–Crippen LogP) is 0.368. The summed E-state index contributed by atoms with van der Waals surface area (Å²) in [4.78, 5) is 4.69. The van der Waals surface area contributed by atoms with E-state index in [0.717, 1.165) is 0 Å². The first-order chi connectivity index (χ1) is 5.66. The van der Waals surface area contributed by atoms with Crippen LogP contribution in [0.1, 0.15) is 20.8 Å². The largest absolute Gasteiger partial charge is 0.396 e. The van der Waals surface area contributed by atoms with Crippen LogP contribution in [0.15, 0.2) is 5.16 Å². The van der Waals surface area contributed by atoms with Crippen molar-refractivity contribution in [1.82, 2.24) is 5.32 Å². The van der Waals surface area contributed by atoms with Gasteiger partial charge in [0.25, 0.3) is 0 Å². The van der Waals surface area contributed by atoms with Gasteiger partial charge in [-0.2, -0.15) is 0 Å². The summed E-state index contributed by atoms with van der Waals surface area (Å²) in [6, 6.07) is 0.375. The molecule has 2 N–H and O–H groups in total. The molecule has 0 fully saturated rings. The molecule has 4 nitrogen and oxygen atoms in total. The van der Waals surface area contributed by atoms with E-state index in [4.69, 9.17) is 4.84 Å². The van der Waals surface area contributed by atoms with Crippen LogP contribution >= 0.6 is 0 Å². The first-order valence-corrected chi connectivity index (χ1v) is 4.23. The molecule has 0 aliphatic rings. The van der Waals surface area contributed by atoms with E-state index in [2.05, 4.69) is 10.5 Å². The zero-order valence-corrected chi connectivity index (χ0v) is 7.95. The summed E-state index contributed by atoms with van der Waals surface area (Å²) < 4.78 is 0. The summed E-state index contributed by atoms with van der Waals surface area (Å²) in [6.07, 6.45) is 0.817. The van der Waals surface area contributed by atoms with Gasteiger partial charge in [-0.05, 0) is 6.92 Å². The smallest absolute Gasteiger partial charge is 0.114 e. The number of aliphatic hydroxyl groups is 1. The van der Waals surface area contributed by atoms with Gasteiger partial charge in [0.05, 0.1) is 6.21 Å². The maximum atomic E-state index is 9.23. The lowest BCUT2D eigenvalue weighted by molar-refractivity contribution is 0.153. The van der Waals surface area contributed by atoms with Crippen molar-refractivity contribution in [3.8, 4) is 0 Å². The van der Waals surface area contributed by atoms with Gasteiger partial charge in [-0.15, -0.1) is 0 Å². The fourth-order valence-corrected chi connectivity index (χ4v) is 0.597. The summed E-state index contributed by atoms with van der Waals surface area (Å²) >= 11 is 0. The second-order valence-electron chi connectivity index (χ2n) is 2.80. The molecule has 0 heterocycles. The molecule has 0 aliphatic carbocycles. The molecule has 0 amide bonds. The molecule has 0 aromatic rings. The van der Waals surface area contributed by atoms with Crippen LogP contribution in [0, 0.1) is 0 Å². The van der Waals surface area contributed by atoms with Crippen LogP contribution in [0.5, 0.6) is 0 Å². The average Bonchev–Trinajstić information content (AvgIpc) is 2.01. The molecule has 0 saturated heterocycles. The highest BCUT2D eigenvalue weighted by molar-refractivity contribution is 5.62. The molecular formula is C8H18N2O2. The van der Waals surface area contributed by atoms with Crippen molar-refractivity contribution in [3.63, 3.8) is 0 Å². The van der Waals surface area contributed by atoms with E-state index in [1.165, 1.54) is 6.21 Å². The number of hydrogen-bond acceptors (Lipinski definition) is 4. The molecule has 0 aromatic heterocycles. The molecule has 1 unspecified atom stereocenters. The van der Waals surface area contributed by atoms with Gasteiger partial charge in [0.15, 0.2) is 0 Å². The Morgan fingerprint density at radius 1 is 1.58 bits per heavy atom. The lowest BCUT2D eigenvalue weighted by Gasteiger charge is -2.09. The van der Waals surface area contributed by atoms with E-state index in [0.29, 0.717) is 19.2 Å². The standard InChI is InChI=1S/C8H18N2O2/c1-4-12-10-6-8(11)5-9-7(2)3/h6-9,11H,4-5H2,1-3H3/b10-6-. The quantitative estimate of drug-likeness (QED) is 0.452. The molecule has 0 aromatic carbocycles. The second kappa shape index (κ2) is 7.06. The Labute approximate surface area is 73.6 Å². The van der Waals surface area contributed by atoms with Crippen molar-refractivity contribution >= 4 is 6.21 Å². The van der Waals surface area contributed by atoms with Crippen molar-refractivity contribution in [2.75, 3.05) is 13.2 Å². The predicted molar refractivity (Wildman–Crippen MR) is 49.3 cm³/mol. The zero-order valence-electron chi connectivity index (χ0n) is 7.95. The Hall–Kier alpha value is -0.610. The Balaban J connectivity index is 3.38. The molecular weight excluding hydrogens is 156 g/mol. The van der Waals surface area contributed by atoms with Gasteiger partial charge in [-0.3, -0.25) is 0 Å². The minimum atomic E-state index is -0.570. The van der Waals surface area contributed by atoms with E-state index in [9.17, 15) is 5.11 Å². The monoisotopic (exact) mass is 174 g/mol. The highest BCUT2D eigenvalue weighted by atomic mass is 16.6. The Kier molecular flexibility index (Phi) is 6.70. The first kappa shape index (κ1) is 11.4. The third kappa shape index (κ3) is 7.50. The number of nitrogens with zero attached hydrogens (tertiary/aromatic N) is 1. The number of oxime groups is 1. The van der Waals surface area contributed by atoms with E-state index in [1.54, 1.807) is 0 Å². The summed E-state index contributed by atoms with van der Waals surface area (Å²) in [5.41, 5.74) is 0. The maximum Gasteiger partial charge on any atom is 0.114 e. The molecule has 0 spiro atoms. The van der Waals surface area contributed by atoms with Crippen LogP contribution in [0.4, 0.5) is 0 Å². The van der Waals surface area contributed by atoms with Crippen molar-refractivity contribution < 1.29 is 9.94 Å². The Bertz CT molecular complexity index is 126. The topological polar surface area (TPSA) is 53.9 Å². The Morgan fingerprint density at radius 3 is 2.75 bits per heavy atom. The molecule has 0 bridgehead atoms. The second-order valence-corrected chi connectivity index (χ2v) is 2.80. The van der Waals surface area contributed by atoms with E-state index < -0.39 is 6.10 Å². The number of rotatable bonds is 6. The van der Waals surface area contributed by atoms with E-state index >= 15 is 0 Å². The van der Waals surface area contributed by atoms with Gasteiger partial charge in [-0.1, -0.05) is 19.0 Å². The molecule has 0 saturated carbocycles. The van der Waals surface area contributed by atoms with Gasteiger partial charge in [0.2, 0.25) is 0 Å². The van der Waals surface area contributed by atoms with Gasteiger partial charge in [-0.25, -0.2) is 0 Å².